The molecule has 0 saturated carbocycles. The van der Waals surface area contributed by atoms with Crippen molar-refractivity contribution in [3.05, 3.63) is 40.4 Å². The summed E-state index contributed by atoms with van der Waals surface area (Å²) in [6.45, 7) is 1.34. The summed E-state index contributed by atoms with van der Waals surface area (Å²) in [4.78, 5) is 25.5. The molecule has 8 heteroatoms. The molecule has 0 radical (unpaired) electrons. The van der Waals surface area contributed by atoms with Gasteiger partial charge in [-0.25, -0.2) is 9.48 Å². The summed E-state index contributed by atoms with van der Waals surface area (Å²) in [6, 6.07) is 4.70. The van der Waals surface area contributed by atoms with Crippen LogP contribution >= 0.6 is 0 Å². The molecule has 1 aliphatic heterocycles. The molecule has 122 valence electrons. The van der Waals surface area contributed by atoms with Crippen molar-refractivity contribution in [2.24, 2.45) is 14.1 Å². The van der Waals surface area contributed by atoms with Crippen LogP contribution in [0.2, 0.25) is 0 Å². The van der Waals surface area contributed by atoms with E-state index in [1.807, 2.05) is 19.3 Å². The molecular formula is C15H20N6O2. The molecule has 1 N–H and O–H groups in total. The number of hydrogen-bond acceptors (Lipinski definition) is 4. The summed E-state index contributed by atoms with van der Waals surface area (Å²) in [7, 11) is 3.44. The Morgan fingerprint density at radius 2 is 2.09 bits per heavy atom. The number of rotatable bonds is 2. The molecule has 1 unspecified atom stereocenters. The number of nitrogens with zero attached hydrogens (tertiary/aromatic N) is 5. The number of aromatic nitrogens is 4. The van der Waals surface area contributed by atoms with Gasteiger partial charge in [-0.2, -0.15) is 10.2 Å². The van der Waals surface area contributed by atoms with Crippen molar-refractivity contribution in [3.63, 3.8) is 0 Å². The van der Waals surface area contributed by atoms with Gasteiger partial charge in [-0.15, -0.1) is 0 Å². The van der Waals surface area contributed by atoms with Crippen molar-refractivity contribution in [3.8, 4) is 0 Å². The summed E-state index contributed by atoms with van der Waals surface area (Å²) < 4.78 is 2.98. The summed E-state index contributed by atoms with van der Waals surface area (Å²) >= 11 is 0. The number of carbonyl (C=O) groups is 1. The normalized spacial score (nSPS) is 18.0. The second-order valence-corrected chi connectivity index (χ2v) is 5.81. The van der Waals surface area contributed by atoms with Crippen molar-refractivity contribution in [2.75, 3.05) is 18.4 Å². The number of carbonyl (C=O) groups excluding carboxylic acids is 1. The highest BCUT2D eigenvalue weighted by Gasteiger charge is 2.26. The number of likely N-dealkylation sites (tertiary alicyclic amines) is 1. The quantitative estimate of drug-likeness (QED) is 0.893. The van der Waals surface area contributed by atoms with Gasteiger partial charge in [-0.3, -0.25) is 14.8 Å². The second kappa shape index (κ2) is 6.23. The number of piperidine rings is 1. The maximum absolute atomic E-state index is 12.4. The molecule has 23 heavy (non-hydrogen) atoms. The number of amides is 2. The molecule has 1 fully saturated rings. The molecule has 0 spiro atoms. The minimum absolute atomic E-state index is 0.197. The summed E-state index contributed by atoms with van der Waals surface area (Å²) in [6.07, 6.45) is 3.89. The average Bonchev–Trinajstić information content (AvgIpc) is 2.98. The average molecular weight is 316 g/mol. The highest BCUT2D eigenvalue weighted by atomic mass is 16.2. The standard InChI is InChI=1S/C15H20N6O2/c1-19-9-7-12(17-19)11-4-3-8-21(10-11)15(23)16-13-5-6-14(22)20(2)18-13/h5-7,9,11H,3-4,8,10H2,1-2H3,(H,16,18,23). The van der Waals surface area contributed by atoms with E-state index in [0.717, 1.165) is 18.5 Å². The summed E-state index contributed by atoms with van der Waals surface area (Å²) in [5.74, 6) is 0.626. The summed E-state index contributed by atoms with van der Waals surface area (Å²) in [5, 5.41) is 11.2. The van der Waals surface area contributed by atoms with Gasteiger partial charge in [0.25, 0.3) is 5.56 Å². The molecule has 0 aromatic carbocycles. The highest BCUT2D eigenvalue weighted by molar-refractivity contribution is 5.88. The van der Waals surface area contributed by atoms with Crippen LogP contribution in [-0.4, -0.2) is 43.6 Å². The zero-order valence-corrected chi connectivity index (χ0v) is 13.3. The largest absolute Gasteiger partial charge is 0.324 e. The van der Waals surface area contributed by atoms with Crippen LogP contribution in [0, 0.1) is 0 Å². The van der Waals surface area contributed by atoms with Crippen molar-refractivity contribution >= 4 is 11.8 Å². The molecule has 1 saturated heterocycles. The first-order valence-electron chi connectivity index (χ1n) is 7.63. The molecule has 0 bridgehead atoms. The van der Waals surface area contributed by atoms with Crippen LogP contribution < -0.4 is 10.9 Å². The maximum Gasteiger partial charge on any atom is 0.323 e. The predicted molar refractivity (Wildman–Crippen MR) is 85.3 cm³/mol. The Morgan fingerprint density at radius 3 is 2.78 bits per heavy atom. The topological polar surface area (TPSA) is 85.0 Å². The van der Waals surface area contributed by atoms with Gasteiger partial charge in [-0.1, -0.05) is 0 Å². The smallest absolute Gasteiger partial charge is 0.323 e. The van der Waals surface area contributed by atoms with E-state index in [4.69, 9.17) is 0 Å². The minimum Gasteiger partial charge on any atom is -0.324 e. The Balaban J connectivity index is 1.67. The third-order valence-corrected chi connectivity index (χ3v) is 4.06. The van der Waals surface area contributed by atoms with Crippen LogP contribution in [0.15, 0.2) is 29.2 Å². The number of nitrogens with one attached hydrogen (secondary N) is 1. The SMILES string of the molecule is Cn1ccc(C2CCCN(C(=O)Nc3ccc(=O)n(C)n3)C2)n1. The molecule has 2 aromatic heterocycles. The van der Waals surface area contributed by atoms with Crippen molar-refractivity contribution < 1.29 is 4.79 Å². The lowest BCUT2D eigenvalue weighted by atomic mass is 9.95. The van der Waals surface area contributed by atoms with Gasteiger partial charge < -0.3 is 4.90 Å². The van der Waals surface area contributed by atoms with Crippen molar-refractivity contribution in [1.29, 1.82) is 0 Å². The van der Waals surface area contributed by atoms with E-state index in [9.17, 15) is 9.59 Å². The van der Waals surface area contributed by atoms with Gasteiger partial charge in [0.15, 0.2) is 5.82 Å². The van der Waals surface area contributed by atoms with Crippen LogP contribution in [0.3, 0.4) is 0 Å². The lowest BCUT2D eigenvalue weighted by Crippen LogP contribution is -2.42. The molecule has 2 amide bonds. The van der Waals surface area contributed by atoms with E-state index in [-0.39, 0.29) is 17.5 Å². The van der Waals surface area contributed by atoms with Gasteiger partial charge in [0.1, 0.15) is 0 Å². The van der Waals surface area contributed by atoms with Gasteiger partial charge in [0.2, 0.25) is 0 Å². The number of hydrogen-bond donors (Lipinski definition) is 1. The van der Waals surface area contributed by atoms with Gasteiger partial charge >= 0.3 is 6.03 Å². The second-order valence-electron chi connectivity index (χ2n) is 5.81. The molecule has 8 nitrogen and oxygen atoms in total. The van der Waals surface area contributed by atoms with Gasteiger partial charge in [0.05, 0.1) is 5.69 Å². The fourth-order valence-corrected chi connectivity index (χ4v) is 2.81. The molecule has 3 heterocycles. The van der Waals surface area contributed by atoms with Crippen LogP contribution in [0.5, 0.6) is 0 Å². The zero-order valence-electron chi connectivity index (χ0n) is 13.3. The number of anilines is 1. The van der Waals surface area contributed by atoms with Crippen LogP contribution in [0.25, 0.3) is 0 Å². The summed E-state index contributed by atoms with van der Waals surface area (Å²) in [5.41, 5.74) is 0.807. The van der Waals surface area contributed by atoms with E-state index in [1.54, 1.807) is 16.6 Å². The molecule has 0 aliphatic carbocycles. The van der Waals surface area contributed by atoms with Crippen LogP contribution in [0.4, 0.5) is 10.6 Å². The van der Waals surface area contributed by atoms with Gasteiger partial charge in [-0.05, 0) is 25.0 Å². The molecule has 3 rings (SSSR count). The van der Waals surface area contributed by atoms with Crippen LogP contribution in [-0.2, 0) is 14.1 Å². The Labute approximate surface area is 133 Å². The maximum atomic E-state index is 12.4. The predicted octanol–water partition coefficient (Wildman–Crippen LogP) is 0.925. The Kier molecular flexibility index (Phi) is 4.14. The lowest BCUT2D eigenvalue weighted by Gasteiger charge is -2.31. The molecule has 1 atom stereocenters. The van der Waals surface area contributed by atoms with E-state index < -0.39 is 0 Å². The highest BCUT2D eigenvalue weighted by Crippen LogP contribution is 2.25. The Bertz CT molecular complexity index is 765. The van der Waals surface area contributed by atoms with E-state index >= 15 is 0 Å². The van der Waals surface area contributed by atoms with Crippen LogP contribution in [0.1, 0.15) is 24.5 Å². The van der Waals surface area contributed by atoms with E-state index in [1.165, 1.54) is 16.8 Å². The van der Waals surface area contributed by atoms with Crippen molar-refractivity contribution in [2.45, 2.75) is 18.8 Å². The third-order valence-electron chi connectivity index (χ3n) is 4.06. The molecule has 1 aliphatic rings. The van der Waals surface area contributed by atoms with E-state index in [2.05, 4.69) is 15.5 Å². The first kappa shape index (κ1) is 15.3. The first-order valence-corrected chi connectivity index (χ1v) is 7.63. The number of aryl methyl sites for hydroxylation is 2. The number of urea groups is 1. The Morgan fingerprint density at radius 1 is 1.26 bits per heavy atom. The van der Waals surface area contributed by atoms with Gasteiger partial charge in [0, 0.05) is 45.4 Å². The zero-order chi connectivity index (χ0) is 16.4. The van der Waals surface area contributed by atoms with Crippen molar-refractivity contribution in [1.82, 2.24) is 24.5 Å². The van der Waals surface area contributed by atoms with E-state index in [0.29, 0.717) is 18.9 Å². The fourth-order valence-electron chi connectivity index (χ4n) is 2.81. The minimum atomic E-state index is -0.212. The Hall–Kier alpha value is -2.64. The lowest BCUT2D eigenvalue weighted by molar-refractivity contribution is 0.192. The molecular weight excluding hydrogens is 296 g/mol. The first-order chi connectivity index (χ1) is 11.0. The molecule has 2 aromatic rings. The fraction of sp³-hybridized carbons (Fsp3) is 0.467. The third kappa shape index (κ3) is 3.41. The monoisotopic (exact) mass is 316 g/mol.